The third kappa shape index (κ3) is 4.39. The van der Waals surface area contributed by atoms with E-state index in [-0.39, 0.29) is 12.5 Å². The lowest BCUT2D eigenvalue weighted by Crippen LogP contribution is -2.22. The number of benzene rings is 2. The van der Waals surface area contributed by atoms with Crippen LogP contribution in [0.15, 0.2) is 42.5 Å². The van der Waals surface area contributed by atoms with E-state index in [0.29, 0.717) is 16.5 Å². The first-order valence-corrected chi connectivity index (χ1v) is 6.90. The Morgan fingerprint density at radius 1 is 1.24 bits per heavy atom. The maximum atomic E-state index is 12.0. The molecule has 0 aliphatic heterocycles. The third-order valence-electron chi connectivity index (χ3n) is 2.91. The second-order valence-corrected chi connectivity index (χ2v) is 5.05. The Morgan fingerprint density at radius 2 is 2.05 bits per heavy atom. The average molecular weight is 305 g/mol. The van der Waals surface area contributed by atoms with Crippen LogP contribution in [0.1, 0.15) is 5.56 Å². The molecule has 0 saturated heterocycles. The van der Waals surface area contributed by atoms with Gasteiger partial charge in [-0.25, -0.2) is 0 Å². The number of halogens is 1. The number of hydrogen-bond donors (Lipinski definition) is 2. The molecule has 0 heterocycles. The number of methoxy groups -OCH3 is 1. The first kappa shape index (κ1) is 15.2. The molecular weight excluding hydrogens is 288 g/mol. The zero-order valence-electron chi connectivity index (χ0n) is 11.9. The van der Waals surface area contributed by atoms with Gasteiger partial charge in [-0.2, -0.15) is 0 Å². The van der Waals surface area contributed by atoms with Crippen molar-refractivity contribution in [2.75, 3.05) is 24.3 Å². The predicted molar refractivity (Wildman–Crippen MR) is 86.3 cm³/mol. The first-order valence-electron chi connectivity index (χ1n) is 6.52. The average Bonchev–Trinajstić information content (AvgIpc) is 2.45. The standard InChI is InChI=1S/C16H17ClN2O2/c1-11-6-7-15(21-2)14(8-11)19-16(20)10-18-13-5-3-4-12(17)9-13/h3-9,18H,10H2,1-2H3,(H,19,20). The van der Waals surface area contributed by atoms with Crippen molar-refractivity contribution in [3.63, 3.8) is 0 Å². The van der Waals surface area contributed by atoms with Crippen LogP contribution >= 0.6 is 11.6 Å². The molecule has 4 nitrogen and oxygen atoms in total. The number of carbonyl (C=O) groups excluding carboxylic acids is 1. The van der Waals surface area contributed by atoms with Crippen LogP contribution in [-0.4, -0.2) is 19.6 Å². The molecule has 0 radical (unpaired) electrons. The molecule has 110 valence electrons. The number of hydrogen-bond acceptors (Lipinski definition) is 3. The van der Waals surface area contributed by atoms with Gasteiger partial charge in [0.2, 0.25) is 5.91 Å². The fourth-order valence-electron chi connectivity index (χ4n) is 1.89. The van der Waals surface area contributed by atoms with Crippen LogP contribution in [0.4, 0.5) is 11.4 Å². The van der Waals surface area contributed by atoms with Gasteiger partial charge in [-0.3, -0.25) is 4.79 Å². The lowest BCUT2D eigenvalue weighted by atomic mass is 10.2. The van der Waals surface area contributed by atoms with E-state index in [9.17, 15) is 4.79 Å². The summed E-state index contributed by atoms with van der Waals surface area (Å²) in [6, 6.07) is 12.9. The van der Waals surface area contributed by atoms with Crippen LogP contribution in [0.2, 0.25) is 5.02 Å². The Balaban J connectivity index is 1.97. The molecule has 21 heavy (non-hydrogen) atoms. The van der Waals surface area contributed by atoms with Crippen molar-refractivity contribution in [3.8, 4) is 5.75 Å². The summed E-state index contributed by atoms with van der Waals surface area (Å²) in [7, 11) is 1.57. The van der Waals surface area contributed by atoms with Crippen LogP contribution in [0.3, 0.4) is 0 Å². The maximum Gasteiger partial charge on any atom is 0.243 e. The minimum absolute atomic E-state index is 0.150. The molecule has 0 aliphatic rings. The molecule has 0 aromatic heterocycles. The maximum absolute atomic E-state index is 12.0. The van der Waals surface area contributed by atoms with Gasteiger partial charge in [-0.1, -0.05) is 23.7 Å². The molecule has 2 aromatic rings. The van der Waals surface area contributed by atoms with E-state index in [1.807, 2.05) is 37.3 Å². The molecule has 0 aliphatic carbocycles. The largest absolute Gasteiger partial charge is 0.495 e. The quantitative estimate of drug-likeness (QED) is 0.885. The molecular formula is C16H17ClN2O2. The predicted octanol–water partition coefficient (Wildman–Crippen LogP) is 3.71. The van der Waals surface area contributed by atoms with Crippen molar-refractivity contribution >= 4 is 28.9 Å². The number of rotatable bonds is 5. The summed E-state index contributed by atoms with van der Waals surface area (Å²) in [6.45, 7) is 2.11. The Morgan fingerprint density at radius 3 is 2.76 bits per heavy atom. The molecule has 5 heteroatoms. The molecule has 0 saturated carbocycles. The summed E-state index contributed by atoms with van der Waals surface area (Å²) in [5.41, 5.74) is 2.51. The van der Waals surface area contributed by atoms with Gasteiger partial charge in [0.1, 0.15) is 5.75 Å². The number of carbonyl (C=O) groups is 1. The van der Waals surface area contributed by atoms with E-state index in [2.05, 4.69) is 10.6 Å². The number of anilines is 2. The molecule has 0 fully saturated rings. The highest BCUT2D eigenvalue weighted by atomic mass is 35.5. The van der Waals surface area contributed by atoms with Crippen LogP contribution in [0, 0.1) is 6.92 Å². The van der Waals surface area contributed by atoms with Crippen LogP contribution in [0.25, 0.3) is 0 Å². The molecule has 0 atom stereocenters. The van der Waals surface area contributed by atoms with Crippen LogP contribution in [0.5, 0.6) is 5.75 Å². The molecule has 2 N–H and O–H groups in total. The Hall–Kier alpha value is -2.20. The molecule has 1 amide bonds. The van der Waals surface area contributed by atoms with E-state index >= 15 is 0 Å². The highest BCUT2D eigenvalue weighted by Gasteiger charge is 2.07. The van der Waals surface area contributed by atoms with Crippen molar-refractivity contribution in [3.05, 3.63) is 53.1 Å². The summed E-state index contributed by atoms with van der Waals surface area (Å²) in [5, 5.41) is 6.47. The summed E-state index contributed by atoms with van der Waals surface area (Å²) >= 11 is 5.89. The molecule has 0 bridgehead atoms. The van der Waals surface area contributed by atoms with Gasteiger partial charge >= 0.3 is 0 Å². The fourth-order valence-corrected chi connectivity index (χ4v) is 2.08. The molecule has 2 aromatic carbocycles. The monoisotopic (exact) mass is 304 g/mol. The van der Waals surface area contributed by atoms with E-state index in [1.165, 1.54) is 0 Å². The topological polar surface area (TPSA) is 50.4 Å². The summed E-state index contributed by atoms with van der Waals surface area (Å²) in [4.78, 5) is 12.0. The van der Waals surface area contributed by atoms with Gasteiger partial charge in [-0.15, -0.1) is 0 Å². The van der Waals surface area contributed by atoms with Gasteiger partial charge in [0, 0.05) is 10.7 Å². The Kier molecular flexibility index (Phi) is 5.06. The second-order valence-electron chi connectivity index (χ2n) is 4.62. The van der Waals surface area contributed by atoms with Gasteiger partial charge < -0.3 is 15.4 Å². The highest BCUT2D eigenvalue weighted by molar-refractivity contribution is 6.30. The third-order valence-corrected chi connectivity index (χ3v) is 3.14. The Labute approximate surface area is 129 Å². The van der Waals surface area contributed by atoms with E-state index in [4.69, 9.17) is 16.3 Å². The van der Waals surface area contributed by atoms with Crippen LogP contribution in [-0.2, 0) is 4.79 Å². The minimum Gasteiger partial charge on any atom is -0.495 e. The lowest BCUT2D eigenvalue weighted by Gasteiger charge is -2.12. The second kappa shape index (κ2) is 6.99. The van der Waals surface area contributed by atoms with Gasteiger partial charge in [0.15, 0.2) is 0 Å². The zero-order chi connectivity index (χ0) is 15.2. The van der Waals surface area contributed by atoms with Crippen molar-refractivity contribution in [1.82, 2.24) is 0 Å². The van der Waals surface area contributed by atoms with Crippen molar-refractivity contribution < 1.29 is 9.53 Å². The molecule has 0 spiro atoms. The van der Waals surface area contributed by atoms with E-state index < -0.39 is 0 Å². The Bertz CT molecular complexity index is 644. The van der Waals surface area contributed by atoms with Crippen molar-refractivity contribution in [2.45, 2.75) is 6.92 Å². The van der Waals surface area contributed by atoms with E-state index in [1.54, 1.807) is 19.2 Å². The summed E-state index contributed by atoms with van der Waals surface area (Å²) < 4.78 is 5.23. The minimum atomic E-state index is -0.154. The number of aryl methyl sites for hydroxylation is 1. The van der Waals surface area contributed by atoms with Crippen molar-refractivity contribution in [2.24, 2.45) is 0 Å². The van der Waals surface area contributed by atoms with Gasteiger partial charge in [0.25, 0.3) is 0 Å². The smallest absolute Gasteiger partial charge is 0.243 e. The number of ether oxygens (including phenoxy) is 1. The van der Waals surface area contributed by atoms with E-state index in [0.717, 1.165) is 11.3 Å². The van der Waals surface area contributed by atoms with Crippen LogP contribution < -0.4 is 15.4 Å². The summed E-state index contributed by atoms with van der Waals surface area (Å²) in [6.07, 6.45) is 0. The van der Waals surface area contributed by atoms with Gasteiger partial charge in [-0.05, 0) is 42.8 Å². The zero-order valence-corrected chi connectivity index (χ0v) is 12.7. The first-order chi connectivity index (χ1) is 10.1. The lowest BCUT2D eigenvalue weighted by molar-refractivity contribution is -0.114. The molecule has 0 unspecified atom stereocenters. The normalized spacial score (nSPS) is 10.0. The summed E-state index contributed by atoms with van der Waals surface area (Å²) in [5.74, 6) is 0.482. The highest BCUT2D eigenvalue weighted by Crippen LogP contribution is 2.25. The molecule has 2 rings (SSSR count). The number of amides is 1. The fraction of sp³-hybridized carbons (Fsp3) is 0.188. The van der Waals surface area contributed by atoms with Crippen molar-refractivity contribution in [1.29, 1.82) is 0 Å². The SMILES string of the molecule is COc1ccc(C)cc1NC(=O)CNc1cccc(Cl)c1. The number of nitrogens with one attached hydrogen (secondary N) is 2. The van der Waals surface area contributed by atoms with Gasteiger partial charge in [0.05, 0.1) is 19.3 Å².